The van der Waals surface area contributed by atoms with Crippen LogP contribution in [0.25, 0.3) is 0 Å². The number of hydrogen-bond donors (Lipinski definition) is 1. The largest absolute Gasteiger partial charge is 0.497 e. The summed E-state index contributed by atoms with van der Waals surface area (Å²) < 4.78 is 10.6. The van der Waals surface area contributed by atoms with Gasteiger partial charge in [-0.3, -0.25) is 0 Å². The molecule has 2 amide bonds. The maximum Gasteiger partial charge on any atom is 0.317 e. The number of benzene rings is 1. The van der Waals surface area contributed by atoms with Crippen molar-refractivity contribution in [3.63, 3.8) is 0 Å². The zero-order valence-corrected chi connectivity index (χ0v) is 14.6. The van der Waals surface area contributed by atoms with Crippen LogP contribution < -0.4 is 10.1 Å². The van der Waals surface area contributed by atoms with Crippen molar-refractivity contribution in [2.45, 2.75) is 18.2 Å². The summed E-state index contributed by atoms with van der Waals surface area (Å²) in [6.45, 7) is 2.03. The third kappa shape index (κ3) is 4.26. The van der Waals surface area contributed by atoms with Gasteiger partial charge in [0.15, 0.2) is 0 Å². The summed E-state index contributed by atoms with van der Waals surface area (Å²) in [5.41, 5.74) is 1.06. The van der Waals surface area contributed by atoms with E-state index in [2.05, 4.69) is 5.32 Å². The highest BCUT2D eigenvalue weighted by Crippen LogP contribution is 2.34. The van der Waals surface area contributed by atoms with Crippen LogP contribution in [0.3, 0.4) is 0 Å². The summed E-state index contributed by atoms with van der Waals surface area (Å²) >= 11 is 1.85. The highest BCUT2D eigenvalue weighted by atomic mass is 32.2. The molecule has 0 spiro atoms. The molecule has 3 rings (SSSR count). The van der Waals surface area contributed by atoms with Crippen LogP contribution in [0.2, 0.25) is 0 Å². The van der Waals surface area contributed by atoms with E-state index in [0.29, 0.717) is 11.8 Å². The van der Waals surface area contributed by atoms with E-state index in [1.54, 1.807) is 13.4 Å². The predicted octanol–water partition coefficient (Wildman–Crippen LogP) is 3.68. The first kappa shape index (κ1) is 16.8. The highest BCUT2D eigenvalue weighted by Gasteiger charge is 2.23. The van der Waals surface area contributed by atoms with Crippen LogP contribution >= 0.6 is 11.8 Å². The van der Waals surface area contributed by atoms with Crippen molar-refractivity contribution in [2.24, 2.45) is 0 Å². The fourth-order valence-corrected chi connectivity index (χ4v) is 3.89. The molecule has 1 saturated heterocycles. The van der Waals surface area contributed by atoms with E-state index in [-0.39, 0.29) is 6.03 Å². The van der Waals surface area contributed by atoms with Gasteiger partial charge in [-0.15, -0.1) is 11.8 Å². The Morgan fingerprint density at radius 2 is 2.17 bits per heavy atom. The second-order valence-electron chi connectivity index (χ2n) is 5.66. The average molecular weight is 346 g/mol. The Bertz CT molecular complexity index is 643. The highest BCUT2D eigenvalue weighted by molar-refractivity contribution is 7.99. The minimum atomic E-state index is -0.00786. The molecule has 1 unspecified atom stereocenters. The molecule has 1 aliphatic heterocycles. The number of carbonyl (C=O) groups is 1. The molecule has 2 aromatic rings. The minimum absolute atomic E-state index is 0.00786. The molecule has 0 bridgehead atoms. The first-order valence-electron chi connectivity index (χ1n) is 8.07. The van der Waals surface area contributed by atoms with Crippen molar-refractivity contribution < 1.29 is 13.9 Å². The summed E-state index contributed by atoms with van der Waals surface area (Å²) in [4.78, 5) is 14.3. The van der Waals surface area contributed by atoms with Crippen molar-refractivity contribution in [3.05, 3.63) is 54.0 Å². The number of thioether (sulfide) groups is 1. The standard InChI is InChI=1S/C18H22N2O3S/c1-22-15-6-4-14(5-7-15)13-19-18(21)20-9-8-17(24-12-10-20)16-3-2-11-23-16/h2-7,11,17H,8-10,12-13H2,1H3,(H,19,21). The van der Waals surface area contributed by atoms with Gasteiger partial charge in [-0.25, -0.2) is 4.79 Å². The molecular weight excluding hydrogens is 324 g/mol. The van der Waals surface area contributed by atoms with E-state index in [1.165, 1.54) is 0 Å². The van der Waals surface area contributed by atoms with Crippen molar-refractivity contribution in [1.82, 2.24) is 10.2 Å². The molecular formula is C18H22N2O3S. The fraction of sp³-hybridized carbons (Fsp3) is 0.389. The molecule has 1 aromatic heterocycles. The average Bonchev–Trinajstić information content (AvgIpc) is 3.04. The number of nitrogens with one attached hydrogen (secondary N) is 1. The smallest absolute Gasteiger partial charge is 0.317 e. The fourth-order valence-electron chi connectivity index (χ4n) is 2.71. The van der Waals surface area contributed by atoms with Gasteiger partial charge in [-0.2, -0.15) is 0 Å². The zero-order chi connectivity index (χ0) is 16.8. The first-order chi connectivity index (χ1) is 11.8. The van der Waals surface area contributed by atoms with Crippen LogP contribution in [-0.2, 0) is 6.54 Å². The molecule has 0 saturated carbocycles. The lowest BCUT2D eigenvalue weighted by Gasteiger charge is -2.20. The molecule has 128 valence electrons. The van der Waals surface area contributed by atoms with E-state index < -0.39 is 0 Å². The van der Waals surface area contributed by atoms with E-state index in [1.807, 2.05) is 53.1 Å². The lowest BCUT2D eigenvalue weighted by molar-refractivity contribution is 0.200. The van der Waals surface area contributed by atoms with Gasteiger partial charge in [0.05, 0.1) is 18.6 Å². The third-order valence-electron chi connectivity index (χ3n) is 4.09. The van der Waals surface area contributed by atoms with Gasteiger partial charge in [-0.05, 0) is 36.2 Å². The maximum atomic E-state index is 12.4. The van der Waals surface area contributed by atoms with Crippen molar-refractivity contribution >= 4 is 17.8 Å². The SMILES string of the molecule is COc1ccc(CNC(=O)N2CCSC(c3ccco3)CC2)cc1. The van der Waals surface area contributed by atoms with E-state index in [9.17, 15) is 4.79 Å². The minimum Gasteiger partial charge on any atom is -0.497 e. The van der Waals surface area contributed by atoms with Gasteiger partial charge < -0.3 is 19.4 Å². The normalized spacial score (nSPS) is 18.0. The van der Waals surface area contributed by atoms with Crippen LogP contribution in [0.5, 0.6) is 5.75 Å². The second-order valence-corrected chi connectivity index (χ2v) is 6.97. The van der Waals surface area contributed by atoms with Crippen molar-refractivity contribution in [1.29, 1.82) is 0 Å². The monoisotopic (exact) mass is 346 g/mol. The summed E-state index contributed by atoms with van der Waals surface area (Å²) in [7, 11) is 1.64. The molecule has 1 aliphatic rings. The van der Waals surface area contributed by atoms with E-state index in [4.69, 9.17) is 9.15 Å². The summed E-state index contributed by atoms with van der Waals surface area (Å²) in [6, 6.07) is 11.6. The lowest BCUT2D eigenvalue weighted by Crippen LogP contribution is -2.40. The zero-order valence-electron chi connectivity index (χ0n) is 13.7. The van der Waals surface area contributed by atoms with Gasteiger partial charge in [0.1, 0.15) is 11.5 Å². The topological polar surface area (TPSA) is 54.7 Å². The number of nitrogens with zero attached hydrogens (tertiary/aromatic N) is 1. The van der Waals surface area contributed by atoms with Crippen molar-refractivity contribution in [3.8, 4) is 5.75 Å². The Morgan fingerprint density at radius 3 is 2.88 bits per heavy atom. The van der Waals surface area contributed by atoms with Gasteiger partial charge in [-0.1, -0.05) is 12.1 Å². The Balaban J connectivity index is 1.49. The van der Waals surface area contributed by atoms with Crippen LogP contribution in [0, 0.1) is 0 Å². The third-order valence-corrected chi connectivity index (χ3v) is 5.38. The van der Waals surface area contributed by atoms with Crippen LogP contribution in [-0.4, -0.2) is 36.9 Å². The summed E-state index contributed by atoms with van der Waals surface area (Å²) in [5, 5.41) is 3.33. The number of furan rings is 1. The quantitative estimate of drug-likeness (QED) is 0.917. The number of amides is 2. The second kappa shape index (κ2) is 8.15. The number of methoxy groups -OCH3 is 1. The van der Waals surface area contributed by atoms with Crippen LogP contribution in [0.15, 0.2) is 47.1 Å². The Labute approximate surface area is 146 Å². The summed E-state index contributed by atoms with van der Waals surface area (Å²) in [6.07, 6.45) is 2.62. The van der Waals surface area contributed by atoms with Gasteiger partial charge in [0.2, 0.25) is 0 Å². The number of rotatable bonds is 4. The Hall–Kier alpha value is -2.08. The molecule has 2 heterocycles. The van der Waals surface area contributed by atoms with Gasteiger partial charge in [0.25, 0.3) is 0 Å². The Morgan fingerprint density at radius 1 is 1.33 bits per heavy atom. The van der Waals surface area contributed by atoms with E-state index >= 15 is 0 Å². The lowest BCUT2D eigenvalue weighted by atomic mass is 10.2. The van der Waals surface area contributed by atoms with Crippen molar-refractivity contribution in [2.75, 3.05) is 26.0 Å². The molecule has 0 radical (unpaired) electrons. The molecule has 0 aliphatic carbocycles. The molecule has 1 fully saturated rings. The molecule has 24 heavy (non-hydrogen) atoms. The number of urea groups is 1. The molecule has 1 aromatic carbocycles. The maximum absolute atomic E-state index is 12.4. The first-order valence-corrected chi connectivity index (χ1v) is 9.12. The van der Waals surface area contributed by atoms with E-state index in [0.717, 1.165) is 42.3 Å². The molecule has 1 atom stereocenters. The molecule has 5 nitrogen and oxygen atoms in total. The van der Waals surface area contributed by atoms with Gasteiger partial charge in [0, 0.05) is 25.4 Å². The summed E-state index contributed by atoms with van der Waals surface area (Å²) in [5.74, 6) is 2.74. The Kier molecular flexibility index (Phi) is 5.69. The molecule has 1 N–H and O–H groups in total. The van der Waals surface area contributed by atoms with Crippen LogP contribution in [0.4, 0.5) is 4.79 Å². The number of hydrogen-bond acceptors (Lipinski definition) is 4. The molecule has 6 heteroatoms. The predicted molar refractivity (Wildman–Crippen MR) is 95.3 cm³/mol. The van der Waals surface area contributed by atoms with Crippen LogP contribution in [0.1, 0.15) is 23.0 Å². The van der Waals surface area contributed by atoms with Gasteiger partial charge >= 0.3 is 6.03 Å². The number of ether oxygens (including phenoxy) is 1. The number of carbonyl (C=O) groups excluding carboxylic acids is 1.